The van der Waals surface area contributed by atoms with Crippen LogP contribution in [0, 0.1) is 0 Å². The van der Waals surface area contributed by atoms with Gasteiger partial charge in [-0.1, -0.05) is 24.3 Å². The largest absolute Gasteiger partial charge is 0.494 e. The number of hydrogen-bond acceptors (Lipinski definition) is 3. The number of aromatic nitrogens is 1. The number of hydrogen-bond donors (Lipinski definition) is 4. The number of nitrogens with two attached hydrogens (primary N) is 2. The van der Waals surface area contributed by atoms with Gasteiger partial charge < -0.3 is 26.3 Å². The van der Waals surface area contributed by atoms with E-state index in [2.05, 4.69) is 9.98 Å². The normalized spacial score (nSPS) is 11.9. The lowest BCUT2D eigenvalue weighted by atomic mass is 9.96. The summed E-state index contributed by atoms with van der Waals surface area (Å²) in [5, 5.41) is 10.3. The molecule has 29 heavy (non-hydrogen) atoms. The summed E-state index contributed by atoms with van der Waals surface area (Å²) < 4.78 is 5.82. The fourth-order valence-corrected chi connectivity index (χ4v) is 3.16. The Morgan fingerprint density at radius 1 is 1.21 bits per heavy atom. The van der Waals surface area contributed by atoms with Crippen molar-refractivity contribution >= 4 is 22.8 Å². The van der Waals surface area contributed by atoms with Gasteiger partial charge in [0, 0.05) is 35.3 Å². The molecule has 1 aromatic heterocycles. The molecule has 152 valence electrons. The number of aliphatic imine (C=N–C) groups is 1. The lowest BCUT2D eigenvalue weighted by Gasteiger charge is -2.09. The molecule has 0 aliphatic heterocycles. The van der Waals surface area contributed by atoms with Crippen LogP contribution >= 0.6 is 0 Å². The molecule has 3 rings (SSSR count). The Morgan fingerprint density at radius 3 is 2.79 bits per heavy atom. The zero-order valence-electron chi connectivity index (χ0n) is 16.4. The summed E-state index contributed by atoms with van der Waals surface area (Å²) in [4.78, 5) is 18.5. The number of carboxylic acid groups (broad SMARTS) is 1. The summed E-state index contributed by atoms with van der Waals surface area (Å²) in [6, 6.07) is 13.6. The number of carbonyl (C=O) groups is 1. The third kappa shape index (κ3) is 5.07. The maximum Gasteiger partial charge on any atom is 0.310 e. The number of nitrogens with zero attached hydrogens (tertiary/aromatic N) is 1. The van der Waals surface area contributed by atoms with Gasteiger partial charge in [0.2, 0.25) is 0 Å². The quantitative estimate of drug-likeness (QED) is 0.251. The Kier molecular flexibility index (Phi) is 6.39. The van der Waals surface area contributed by atoms with Gasteiger partial charge in [0.25, 0.3) is 0 Å². The lowest BCUT2D eigenvalue weighted by Crippen LogP contribution is -2.23. The first-order valence-electron chi connectivity index (χ1n) is 9.58. The van der Waals surface area contributed by atoms with E-state index >= 15 is 0 Å². The summed E-state index contributed by atoms with van der Waals surface area (Å²) in [5.74, 6) is -0.476. The third-order valence-corrected chi connectivity index (χ3v) is 4.84. The summed E-state index contributed by atoms with van der Waals surface area (Å²) >= 11 is 0. The highest BCUT2D eigenvalue weighted by Crippen LogP contribution is 2.32. The van der Waals surface area contributed by atoms with Crippen molar-refractivity contribution < 1.29 is 14.6 Å². The third-order valence-electron chi connectivity index (χ3n) is 4.84. The van der Waals surface area contributed by atoms with Crippen LogP contribution in [0.1, 0.15) is 31.2 Å². The molecule has 7 nitrogen and oxygen atoms in total. The molecule has 0 bridgehead atoms. The maximum absolute atomic E-state index is 11.3. The van der Waals surface area contributed by atoms with Gasteiger partial charge in [0.1, 0.15) is 5.75 Å². The summed E-state index contributed by atoms with van der Waals surface area (Å²) in [6.07, 6.45) is 3.66. The number of unbranched alkanes of at least 4 members (excludes halogenated alkanes) is 1. The number of ether oxygens (including phenoxy) is 1. The van der Waals surface area contributed by atoms with Crippen molar-refractivity contribution in [1.82, 2.24) is 4.98 Å². The molecule has 2 aromatic carbocycles. The van der Waals surface area contributed by atoms with Crippen LogP contribution in [0.3, 0.4) is 0 Å². The smallest absolute Gasteiger partial charge is 0.310 e. The van der Waals surface area contributed by atoms with Crippen LogP contribution in [0.2, 0.25) is 0 Å². The van der Waals surface area contributed by atoms with Crippen molar-refractivity contribution in [3.05, 3.63) is 54.2 Å². The van der Waals surface area contributed by atoms with Crippen molar-refractivity contribution in [2.75, 3.05) is 13.2 Å². The van der Waals surface area contributed by atoms with Crippen molar-refractivity contribution in [3.8, 4) is 16.9 Å². The monoisotopic (exact) mass is 394 g/mol. The van der Waals surface area contributed by atoms with Gasteiger partial charge in [-0.05, 0) is 43.0 Å². The van der Waals surface area contributed by atoms with E-state index in [1.165, 1.54) is 0 Å². The van der Waals surface area contributed by atoms with E-state index in [1.54, 1.807) is 6.92 Å². The first kappa shape index (κ1) is 20.3. The molecule has 0 saturated heterocycles. The highest BCUT2D eigenvalue weighted by atomic mass is 16.5. The van der Waals surface area contributed by atoms with Gasteiger partial charge in [0.05, 0.1) is 12.5 Å². The van der Waals surface area contributed by atoms with Crippen LogP contribution in [0.4, 0.5) is 0 Å². The molecule has 0 radical (unpaired) electrons. The summed E-state index contributed by atoms with van der Waals surface area (Å²) in [5.41, 5.74) is 14.4. The van der Waals surface area contributed by atoms with E-state index in [1.807, 2.05) is 48.7 Å². The van der Waals surface area contributed by atoms with Gasteiger partial charge in [-0.15, -0.1) is 0 Å². The molecule has 0 amide bonds. The van der Waals surface area contributed by atoms with Crippen LogP contribution in [0.25, 0.3) is 22.0 Å². The van der Waals surface area contributed by atoms with Gasteiger partial charge in [0.15, 0.2) is 5.96 Å². The average Bonchev–Trinajstić information content (AvgIpc) is 3.13. The topological polar surface area (TPSA) is 127 Å². The summed E-state index contributed by atoms with van der Waals surface area (Å²) in [6.45, 7) is 2.88. The van der Waals surface area contributed by atoms with Crippen molar-refractivity contribution in [2.45, 2.75) is 25.7 Å². The van der Waals surface area contributed by atoms with Crippen LogP contribution < -0.4 is 16.2 Å². The van der Waals surface area contributed by atoms with E-state index in [-0.39, 0.29) is 5.96 Å². The molecule has 0 aliphatic rings. The molecule has 7 heteroatoms. The molecule has 0 saturated carbocycles. The van der Waals surface area contributed by atoms with Crippen molar-refractivity contribution in [2.24, 2.45) is 16.5 Å². The SMILES string of the molecule is CC(C(=O)O)c1cccc(-c2c[nH]c3cc(OCCCCN=C(N)N)ccc23)c1. The minimum absolute atomic E-state index is 0.113. The van der Waals surface area contributed by atoms with Gasteiger partial charge in [-0.2, -0.15) is 0 Å². The highest BCUT2D eigenvalue weighted by molar-refractivity contribution is 5.96. The Hall–Kier alpha value is -3.48. The number of benzene rings is 2. The predicted octanol–water partition coefficient (Wildman–Crippen LogP) is 3.46. The standard InChI is InChI=1S/C22H26N4O3/c1-14(21(27)28)15-5-4-6-16(11-15)19-13-26-20-12-17(7-8-18(19)20)29-10-3-2-9-25-22(23)24/h4-8,11-14,26H,2-3,9-10H2,1H3,(H,27,28)(H4,23,24,25). The van der Waals surface area contributed by atoms with E-state index < -0.39 is 11.9 Å². The number of aromatic amines is 1. The van der Waals surface area contributed by atoms with Gasteiger partial charge >= 0.3 is 5.97 Å². The van der Waals surface area contributed by atoms with E-state index in [0.29, 0.717) is 13.2 Å². The van der Waals surface area contributed by atoms with Crippen molar-refractivity contribution in [1.29, 1.82) is 0 Å². The number of H-pyrrole nitrogens is 1. The first-order valence-corrected chi connectivity index (χ1v) is 9.58. The second-order valence-electron chi connectivity index (χ2n) is 6.96. The Bertz CT molecular complexity index is 1020. The molecule has 1 unspecified atom stereocenters. The van der Waals surface area contributed by atoms with E-state index in [9.17, 15) is 9.90 Å². The Balaban J connectivity index is 1.70. The molecule has 6 N–H and O–H groups in total. The molecule has 0 aliphatic carbocycles. The zero-order valence-corrected chi connectivity index (χ0v) is 16.4. The number of fused-ring (bicyclic) bond motifs is 1. The first-order chi connectivity index (χ1) is 14.0. The zero-order chi connectivity index (χ0) is 20.8. The fraction of sp³-hybridized carbons (Fsp3) is 0.273. The molecule has 3 aromatic rings. The molecular formula is C22H26N4O3. The minimum Gasteiger partial charge on any atom is -0.494 e. The summed E-state index contributed by atoms with van der Waals surface area (Å²) in [7, 11) is 0. The fourth-order valence-electron chi connectivity index (χ4n) is 3.16. The van der Waals surface area contributed by atoms with Crippen LogP contribution in [-0.4, -0.2) is 35.2 Å². The highest BCUT2D eigenvalue weighted by Gasteiger charge is 2.15. The number of guanidine groups is 1. The molecule has 1 atom stereocenters. The predicted molar refractivity (Wildman–Crippen MR) is 115 cm³/mol. The molecular weight excluding hydrogens is 368 g/mol. The maximum atomic E-state index is 11.3. The molecule has 1 heterocycles. The molecule has 0 fully saturated rings. The minimum atomic E-state index is -0.832. The molecule has 0 spiro atoms. The Morgan fingerprint density at radius 2 is 2.03 bits per heavy atom. The number of carboxylic acids is 1. The van der Waals surface area contributed by atoms with Crippen molar-refractivity contribution in [3.63, 3.8) is 0 Å². The number of rotatable bonds is 9. The van der Waals surface area contributed by atoms with Gasteiger partial charge in [-0.25, -0.2) is 0 Å². The van der Waals surface area contributed by atoms with Crippen LogP contribution in [0.5, 0.6) is 5.75 Å². The van der Waals surface area contributed by atoms with Gasteiger partial charge in [-0.3, -0.25) is 9.79 Å². The van der Waals surface area contributed by atoms with E-state index in [0.717, 1.165) is 46.2 Å². The van der Waals surface area contributed by atoms with E-state index in [4.69, 9.17) is 16.2 Å². The number of aliphatic carboxylic acids is 1. The lowest BCUT2D eigenvalue weighted by molar-refractivity contribution is -0.138. The van der Waals surface area contributed by atoms with Crippen LogP contribution in [-0.2, 0) is 4.79 Å². The average molecular weight is 394 g/mol. The second-order valence-corrected chi connectivity index (χ2v) is 6.96. The second kappa shape index (κ2) is 9.14. The van der Waals surface area contributed by atoms with Crippen LogP contribution in [0.15, 0.2) is 53.7 Å². The Labute approximate surface area is 169 Å². The number of nitrogens with one attached hydrogen (secondary N) is 1.